The van der Waals surface area contributed by atoms with Gasteiger partial charge in [0.15, 0.2) is 0 Å². The van der Waals surface area contributed by atoms with Gasteiger partial charge in [-0.05, 0) is 0 Å². The van der Waals surface area contributed by atoms with Gasteiger partial charge in [-0.15, -0.1) is 23.2 Å². The van der Waals surface area contributed by atoms with Crippen LogP contribution in [-0.4, -0.2) is 41.5 Å². The van der Waals surface area contributed by atoms with Gasteiger partial charge in [0.25, 0.3) is 0 Å². The van der Waals surface area contributed by atoms with Crippen molar-refractivity contribution in [2.45, 2.75) is 0 Å². The van der Waals surface area contributed by atoms with Crippen LogP contribution >= 0.6 is 30.9 Å². The number of hydrogen-bond donors (Lipinski definition) is 1. The van der Waals surface area contributed by atoms with Crippen LogP contribution in [0.4, 0.5) is 0 Å². The zero-order chi connectivity index (χ0) is 9.61. The lowest BCUT2D eigenvalue weighted by molar-refractivity contribution is 0.245. The van der Waals surface area contributed by atoms with E-state index in [4.69, 9.17) is 23.2 Å². The predicted molar refractivity (Wildman–Crippen MR) is 49.8 cm³/mol. The Labute approximate surface area is 82.0 Å². The van der Waals surface area contributed by atoms with Gasteiger partial charge in [-0.2, -0.15) is 0 Å². The van der Waals surface area contributed by atoms with Crippen LogP contribution in [-0.2, 0) is 9.09 Å². The van der Waals surface area contributed by atoms with Crippen LogP contribution in [0.1, 0.15) is 0 Å². The Kier molecular flexibility index (Phi) is 6.55. The van der Waals surface area contributed by atoms with Crippen LogP contribution in [0, 0.1) is 0 Å². The molecule has 1 N–H and O–H groups in total. The van der Waals surface area contributed by atoms with Crippen LogP contribution in [0.25, 0.3) is 0 Å². The summed E-state index contributed by atoms with van der Waals surface area (Å²) in [7, 11) is -2.48. The van der Waals surface area contributed by atoms with E-state index in [1.807, 2.05) is 0 Å². The third kappa shape index (κ3) is 4.08. The van der Waals surface area contributed by atoms with Gasteiger partial charge in [0.2, 0.25) is 0 Å². The van der Waals surface area contributed by atoms with Crippen LogP contribution in [0.15, 0.2) is 0 Å². The van der Waals surface area contributed by atoms with Crippen LogP contribution in [0.2, 0.25) is 0 Å². The number of halogens is 2. The van der Waals surface area contributed by atoms with Gasteiger partial charge in [-0.25, -0.2) is 9.24 Å². The summed E-state index contributed by atoms with van der Waals surface area (Å²) in [6.45, 7) is 0.575. The minimum absolute atomic E-state index is 0.269. The Morgan fingerprint density at radius 1 is 1.42 bits per heavy atom. The molecule has 1 atom stereocenters. The van der Waals surface area contributed by atoms with Crippen molar-refractivity contribution in [1.29, 1.82) is 0 Å². The normalized spacial score (nSPS) is 16.4. The number of nitrogens with zero attached hydrogens (tertiary/aromatic N) is 1. The molecule has 0 aromatic carbocycles. The largest absolute Gasteiger partial charge is 0.405 e. The Morgan fingerprint density at radius 3 is 2.08 bits per heavy atom. The highest BCUT2D eigenvalue weighted by Crippen LogP contribution is 2.44. The fourth-order valence-corrected chi connectivity index (χ4v) is 2.26. The maximum absolute atomic E-state index is 11.2. The SMILES string of the molecule is COP(=O)(O)N(CCCl)CCCl. The summed E-state index contributed by atoms with van der Waals surface area (Å²) in [5.41, 5.74) is 0. The van der Waals surface area contributed by atoms with Gasteiger partial charge >= 0.3 is 7.75 Å². The molecule has 0 spiro atoms. The monoisotopic (exact) mass is 235 g/mol. The smallest absolute Gasteiger partial charge is 0.312 e. The molecule has 0 aromatic heterocycles. The van der Waals surface area contributed by atoms with Crippen LogP contribution in [0.5, 0.6) is 0 Å². The third-order valence-corrected chi connectivity index (χ3v) is 3.21. The first-order chi connectivity index (χ1) is 5.58. The maximum Gasteiger partial charge on any atom is 0.405 e. The number of hydrogen-bond acceptors (Lipinski definition) is 2. The van der Waals surface area contributed by atoms with Crippen molar-refractivity contribution in [3.8, 4) is 0 Å². The van der Waals surface area contributed by atoms with Gasteiger partial charge in [0.1, 0.15) is 0 Å². The van der Waals surface area contributed by atoms with E-state index in [2.05, 4.69) is 4.52 Å². The molecule has 0 heterocycles. The minimum atomic E-state index is -3.65. The molecule has 74 valence electrons. The summed E-state index contributed by atoms with van der Waals surface area (Å²) in [6, 6.07) is 0. The first kappa shape index (κ1) is 12.7. The fraction of sp³-hybridized carbons (Fsp3) is 1.00. The topological polar surface area (TPSA) is 49.8 Å². The van der Waals surface area contributed by atoms with Gasteiger partial charge in [0, 0.05) is 32.0 Å². The third-order valence-electron chi connectivity index (χ3n) is 1.28. The highest BCUT2D eigenvalue weighted by atomic mass is 35.5. The van der Waals surface area contributed by atoms with Crippen molar-refractivity contribution in [2.24, 2.45) is 0 Å². The highest BCUT2D eigenvalue weighted by Gasteiger charge is 2.26. The fourth-order valence-electron chi connectivity index (χ4n) is 0.675. The summed E-state index contributed by atoms with van der Waals surface area (Å²) in [4.78, 5) is 9.19. The molecule has 7 heteroatoms. The summed E-state index contributed by atoms with van der Waals surface area (Å²) in [5, 5.41) is 0. The van der Waals surface area contributed by atoms with E-state index < -0.39 is 7.75 Å². The first-order valence-corrected chi connectivity index (χ1v) is 5.94. The van der Waals surface area contributed by atoms with Gasteiger partial charge in [-0.3, -0.25) is 0 Å². The molecule has 1 unspecified atom stereocenters. The van der Waals surface area contributed by atoms with Crippen molar-refractivity contribution in [1.82, 2.24) is 4.67 Å². The van der Waals surface area contributed by atoms with Crippen molar-refractivity contribution >= 4 is 30.9 Å². The standard InChI is InChI=1S/C5H12Cl2NO3P/c1-11-12(9,10)8(4-2-6)5-3-7/h2-5H2,1H3,(H,9,10). The van der Waals surface area contributed by atoms with Crippen LogP contribution < -0.4 is 0 Å². The van der Waals surface area contributed by atoms with Crippen molar-refractivity contribution < 1.29 is 14.0 Å². The van der Waals surface area contributed by atoms with Crippen molar-refractivity contribution in [2.75, 3.05) is 32.0 Å². The Bertz CT molecular complexity index is 163. The molecule has 0 amide bonds. The Hall–Kier alpha value is 0.690. The number of rotatable bonds is 6. The molecule has 0 aliphatic carbocycles. The second kappa shape index (κ2) is 6.19. The average molecular weight is 236 g/mol. The molecule has 0 saturated heterocycles. The molecule has 0 aromatic rings. The highest BCUT2D eigenvalue weighted by molar-refractivity contribution is 7.50. The van der Waals surface area contributed by atoms with E-state index in [1.165, 1.54) is 11.8 Å². The van der Waals surface area contributed by atoms with E-state index >= 15 is 0 Å². The van der Waals surface area contributed by atoms with E-state index in [0.29, 0.717) is 0 Å². The summed E-state index contributed by atoms with van der Waals surface area (Å²) in [5.74, 6) is 0.537. The molecule has 0 bridgehead atoms. The predicted octanol–water partition coefficient (Wildman–Crippen LogP) is 1.51. The molecule has 0 saturated carbocycles. The minimum Gasteiger partial charge on any atom is -0.312 e. The molecule has 12 heavy (non-hydrogen) atoms. The zero-order valence-electron chi connectivity index (χ0n) is 6.74. The van der Waals surface area contributed by atoms with E-state index in [9.17, 15) is 9.46 Å². The molecule has 4 nitrogen and oxygen atoms in total. The lowest BCUT2D eigenvalue weighted by atomic mass is 10.6. The molecule has 0 aliphatic heterocycles. The van der Waals surface area contributed by atoms with E-state index in [0.717, 1.165) is 0 Å². The quantitative estimate of drug-likeness (QED) is 0.561. The second-order valence-corrected chi connectivity index (χ2v) is 4.67. The Balaban J connectivity index is 4.17. The molecule has 0 aliphatic rings. The lowest BCUT2D eigenvalue weighted by Crippen LogP contribution is -2.25. The van der Waals surface area contributed by atoms with Crippen molar-refractivity contribution in [3.05, 3.63) is 0 Å². The molecule has 0 fully saturated rings. The Morgan fingerprint density at radius 2 is 1.83 bits per heavy atom. The molecule has 0 radical (unpaired) electrons. The average Bonchev–Trinajstić information content (AvgIpc) is 2.04. The lowest BCUT2D eigenvalue weighted by Gasteiger charge is -2.23. The van der Waals surface area contributed by atoms with E-state index in [-0.39, 0.29) is 24.8 Å². The maximum atomic E-state index is 11.2. The molecule has 0 rings (SSSR count). The molecular weight excluding hydrogens is 224 g/mol. The van der Waals surface area contributed by atoms with E-state index in [1.54, 1.807) is 0 Å². The van der Waals surface area contributed by atoms with Gasteiger partial charge in [0.05, 0.1) is 0 Å². The zero-order valence-corrected chi connectivity index (χ0v) is 9.15. The summed E-state index contributed by atoms with van der Waals surface area (Å²) < 4.78 is 16.9. The second-order valence-electron chi connectivity index (χ2n) is 2.00. The van der Waals surface area contributed by atoms with Gasteiger partial charge in [-0.1, -0.05) is 0 Å². The summed E-state index contributed by atoms with van der Waals surface area (Å²) in [6.07, 6.45) is 0. The van der Waals surface area contributed by atoms with Crippen molar-refractivity contribution in [3.63, 3.8) is 0 Å². The van der Waals surface area contributed by atoms with Gasteiger partial charge < -0.3 is 9.42 Å². The van der Waals surface area contributed by atoms with Crippen LogP contribution in [0.3, 0.4) is 0 Å². The molecular formula is C5H12Cl2NO3P. The summed E-state index contributed by atoms with van der Waals surface area (Å²) >= 11 is 10.8. The number of alkyl halides is 2. The first-order valence-electron chi connectivity index (χ1n) is 3.34.